The third-order valence-corrected chi connectivity index (χ3v) is 5.72. The van der Waals surface area contributed by atoms with Crippen molar-refractivity contribution >= 4 is 5.96 Å². The van der Waals surface area contributed by atoms with Gasteiger partial charge in [-0.1, -0.05) is 12.8 Å². The lowest BCUT2D eigenvalue weighted by atomic mass is 10.1. The standard InChI is InChI=1S/C20H41N5O/c1-17(2)26-16-15-25-12-9-18(10-13-25)23-20(21-3)22-11-14-24(4)19-7-5-6-8-19/h17-19H,5-16H2,1-4H3,(H2,21,22,23). The van der Waals surface area contributed by atoms with Gasteiger partial charge in [0.25, 0.3) is 0 Å². The average molecular weight is 368 g/mol. The molecule has 26 heavy (non-hydrogen) atoms. The van der Waals surface area contributed by atoms with Crippen molar-refractivity contribution < 1.29 is 4.74 Å². The minimum atomic E-state index is 0.330. The monoisotopic (exact) mass is 367 g/mol. The van der Waals surface area contributed by atoms with Gasteiger partial charge in [-0.05, 0) is 46.6 Å². The molecule has 0 aromatic carbocycles. The summed E-state index contributed by atoms with van der Waals surface area (Å²) in [5, 5.41) is 7.10. The number of likely N-dealkylation sites (N-methyl/N-ethyl adjacent to an activating group) is 1. The van der Waals surface area contributed by atoms with Gasteiger partial charge in [0.1, 0.15) is 0 Å². The highest BCUT2D eigenvalue weighted by Gasteiger charge is 2.21. The van der Waals surface area contributed by atoms with E-state index < -0.39 is 0 Å². The minimum Gasteiger partial charge on any atom is -0.377 e. The van der Waals surface area contributed by atoms with Gasteiger partial charge in [0, 0.05) is 51.9 Å². The maximum Gasteiger partial charge on any atom is 0.191 e. The highest BCUT2D eigenvalue weighted by atomic mass is 16.5. The molecule has 1 saturated heterocycles. The SMILES string of the molecule is CN=C(NCCN(C)C1CCCC1)NC1CCN(CCOC(C)C)CC1. The van der Waals surface area contributed by atoms with Crippen molar-refractivity contribution in [2.45, 2.75) is 70.6 Å². The predicted octanol–water partition coefficient (Wildman–Crippen LogP) is 1.92. The second kappa shape index (κ2) is 11.8. The van der Waals surface area contributed by atoms with Crippen molar-refractivity contribution in [3.05, 3.63) is 0 Å². The van der Waals surface area contributed by atoms with Crippen LogP contribution in [0.1, 0.15) is 52.4 Å². The maximum absolute atomic E-state index is 5.66. The molecule has 2 N–H and O–H groups in total. The lowest BCUT2D eigenvalue weighted by Gasteiger charge is -2.33. The number of guanidine groups is 1. The Bertz CT molecular complexity index is 401. The summed E-state index contributed by atoms with van der Waals surface area (Å²) in [6.07, 6.45) is 8.20. The van der Waals surface area contributed by atoms with Crippen molar-refractivity contribution in [1.29, 1.82) is 0 Å². The zero-order valence-corrected chi connectivity index (χ0v) is 17.5. The Kier molecular flexibility index (Phi) is 9.72. The molecule has 0 radical (unpaired) electrons. The van der Waals surface area contributed by atoms with Crippen LogP contribution in [0.3, 0.4) is 0 Å². The molecular formula is C20H41N5O. The fourth-order valence-corrected chi connectivity index (χ4v) is 3.98. The molecule has 0 bridgehead atoms. The van der Waals surface area contributed by atoms with Gasteiger partial charge in [-0.15, -0.1) is 0 Å². The molecule has 6 heteroatoms. The van der Waals surface area contributed by atoms with Gasteiger partial charge < -0.3 is 25.2 Å². The Morgan fingerprint density at radius 3 is 2.50 bits per heavy atom. The van der Waals surface area contributed by atoms with E-state index >= 15 is 0 Å². The molecule has 1 aliphatic heterocycles. The number of rotatable bonds is 9. The zero-order valence-electron chi connectivity index (χ0n) is 17.5. The average Bonchev–Trinajstić information content (AvgIpc) is 3.16. The lowest BCUT2D eigenvalue weighted by molar-refractivity contribution is 0.0532. The van der Waals surface area contributed by atoms with Crippen LogP contribution in [0.4, 0.5) is 0 Å². The van der Waals surface area contributed by atoms with Crippen molar-refractivity contribution in [3.63, 3.8) is 0 Å². The van der Waals surface area contributed by atoms with E-state index in [9.17, 15) is 0 Å². The number of aliphatic imine (C=N–C) groups is 1. The summed E-state index contributed by atoms with van der Waals surface area (Å²) in [4.78, 5) is 9.42. The molecule has 1 heterocycles. The van der Waals surface area contributed by atoms with Crippen molar-refractivity contribution in [2.24, 2.45) is 4.99 Å². The van der Waals surface area contributed by atoms with Crippen LogP contribution >= 0.6 is 0 Å². The molecule has 2 rings (SSSR count). The molecule has 0 amide bonds. The first-order valence-corrected chi connectivity index (χ1v) is 10.6. The van der Waals surface area contributed by atoms with E-state index in [4.69, 9.17) is 4.74 Å². The number of nitrogens with zero attached hydrogens (tertiary/aromatic N) is 3. The van der Waals surface area contributed by atoms with Crippen LogP contribution in [0.25, 0.3) is 0 Å². The van der Waals surface area contributed by atoms with Crippen LogP contribution < -0.4 is 10.6 Å². The van der Waals surface area contributed by atoms with E-state index in [0.717, 1.165) is 51.3 Å². The second-order valence-electron chi connectivity index (χ2n) is 8.10. The third kappa shape index (κ3) is 7.80. The van der Waals surface area contributed by atoms with E-state index in [2.05, 4.69) is 46.3 Å². The summed E-state index contributed by atoms with van der Waals surface area (Å²) in [7, 11) is 4.13. The van der Waals surface area contributed by atoms with Crippen molar-refractivity contribution in [3.8, 4) is 0 Å². The number of hydrogen-bond acceptors (Lipinski definition) is 4. The van der Waals surface area contributed by atoms with Gasteiger partial charge in [0.05, 0.1) is 12.7 Å². The van der Waals surface area contributed by atoms with Gasteiger partial charge in [0.2, 0.25) is 0 Å². The molecule has 2 fully saturated rings. The van der Waals surface area contributed by atoms with Crippen LogP contribution in [-0.4, -0.2) is 87.4 Å². The maximum atomic E-state index is 5.66. The van der Waals surface area contributed by atoms with E-state index in [0.29, 0.717) is 12.1 Å². The summed E-state index contributed by atoms with van der Waals surface area (Å²) in [6, 6.07) is 1.31. The Morgan fingerprint density at radius 2 is 1.88 bits per heavy atom. The van der Waals surface area contributed by atoms with E-state index in [1.165, 1.54) is 38.5 Å². The molecule has 0 unspecified atom stereocenters. The highest BCUT2D eigenvalue weighted by molar-refractivity contribution is 5.79. The van der Waals surface area contributed by atoms with Crippen LogP contribution in [-0.2, 0) is 4.74 Å². The Hall–Kier alpha value is -0.850. The first kappa shape index (κ1) is 21.5. The fourth-order valence-electron chi connectivity index (χ4n) is 3.98. The van der Waals surface area contributed by atoms with Crippen LogP contribution in [0.15, 0.2) is 4.99 Å². The number of ether oxygens (including phenoxy) is 1. The largest absolute Gasteiger partial charge is 0.377 e. The second-order valence-corrected chi connectivity index (χ2v) is 8.10. The van der Waals surface area contributed by atoms with E-state index in [1.54, 1.807) is 0 Å². The molecule has 1 aliphatic carbocycles. The molecule has 0 aromatic heterocycles. The lowest BCUT2D eigenvalue weighted by Crippen LogP contribution is -2.50. The fraction of sp³-hybridized carbons (Fsp3) is 0.950. The summed E-state index contributed by atoms with van der Waals surface area (Å²) >= 11 is 0. The molecule has 0 spiro atoms. The summed E-state index contributed by atoms with van der Waals surface area (Å²) < 4.78 is 5.66. The summed E-state index contributed by atoms with van der Waals surface area (Å²) in [6.45, 7) is 10.4. The third-order valence-electron chi connectivity index (χ3n) is 5.72. The van der Waals surface area contributed by atoms with E-state index in [-0.39, 0.29) is 0 Å². The number of hydrogen-bond donors (Lipinski definition) is 2. The number of likely N-dealkylation sites (tertiary alicyclic amines) is 1. The van der Waals surface area contributed by atoms with Crippen LogP contribution in [0.5, 0.6) is 0 Å². The first-order chi connectivity index (χ1) is 12.6. The Balaban J connectivity index is 1.58. The molecular weight excluding hydrogens is 326 g/mol. The minimum absolute atomic E-state index is 0.330. The summed E-state index contributed by atoms with van der Waals surface area (Å²) in [5.41, 5.74) is 0. The molecule has 2 aliphatic rings. The van der Waals surface area contributed by atoms with Crippen LogP contribution in [0.2, 0.25) is 0 Å². The van der Waals surface area contributed by atoms with Gasteiger partial charge in [-0.2, -0.15) is 0 Å². The van der Waals surface area contributed by atoms with Gasteiger partial charge in [0.15, 0.2) is 5.96 Å². The van der Waals surface area contributed by atoms with Gasteiger partial charge in [-0.3, -0.25) is 4.99 Å². The number of nitrogens with one attached hydrogen (secondary N) is 2. The molecule has 0 atom stereocenters. The van der Waals surface area contributed by atoms with Gasteiger partial charge in [-0.25, -0.2) is 0 Å². The highest BCUT2D eigenvalue weighted by Crippen LogP contribution is 2.21. The topological polar surface area (TPSA) is 52.1 Å². The molecule has 1 saturated carbocycles. The van der Waals surface area contributed by atoms with E-state index in [1.807, 2.05) is 7.05 Å². The quantitative estimate of drug-likeness (QED) is 0.482. The summed E-state index contributed by atoms with van der Waals surface area (Å²) in [5.74, 6) is 0.950. The normalized spacial score (nSPS) is 21.1. The van der Waals surface area contributed by atoms with Gasteiger partial charge >= 0.3 is 0 Å². The predicted molar refractivity (Wildman–Crippen MR) is 110 cm³/mol. The number of piperidine rings is 1. The zero-order chi connectivity index (χ0) is 18.8. The Labute approximate surface area is 160 Å². The molecule has 152 valence electrons. The molecule has 0 aromatic rings. The van der Waals surface area contributed by atoms with Crippen LogP contribution in [0, 0.1) is 0 Å². The Morgan fingerprint density at radius 1 is 1.19 bits per heavy atom. The molecule has 6 nitrogen and oxygen atoms in total. The smallest absolute Gasteiger partial charge is 0.191 e. The van der Waals surface area contributed by atoms with Crippen molar-refractivity contribution in [1.82, 2.24) is 20.4 Å². The first-order valence-electron chi connectivity index (χ1n) is 10.6. The van der Waals surface area contributed by atoms with Crippen molar-refractivity contribution in [2.75, 3.05) is 53.4 Å².